The van der Waals surface area contributed by atoms with E-state index in [0.29, 0.717) is 23.7 Å². The van der Waals surface area contributed by atoms with Crippen LogP contribution in [-0.2, 0) is 21.7 Å². The second kappa shape index (κ2) is 12.3. The molecule has 0 amide bonds. The average Bonchev–Trinajstić information content (AvgIpc) is 2.98. The molecule has 0 spiro atoms. The maximum absolute atomic E-state index is 2.60. The van der Waals surface area contributed by atoms with Crippen molar-refractivity contribution < 1.29 is 58.9 Å². The minimum absolute atomic E-state index is 0. The van der Waals surface area contributed by atoms with Crippen molar-refractivity contribution in [3.63, 3.8) is 0 Å². The van der Waals surface area contributed by atoms with E-state index in [1.165, 1.54) is 28.7 Å². The summed E-state index contributed by atoms with van der Waals surface area (Å²) in [7, 11) is 0. The Morgan fingerprint density at radius 3 is 1.86 bits per heavy atom. The van der Waals surface area contributed by atoms with Gasteiger partial charge in [-0.1, -0.05) is 84.3 Å². The maximum atomic E-state index is 2.60. The van der Waals surface area contributed by atoms with Gasteiger partial charge in [-0.2, -0.15) is 5.92 Å². The van der Waals surface area contributed by atoms with Crippen LogP contribution in [0.2, 0.25) is 0 Å². The Labute approximate surface area is 203 Å². The third-order valence-electron chi connectivity index (χ3n) is 5.54. The Bertz CT molecular complexity index is 734. The molecule has 2 aromatic carbocycles. The molecule has 1 fully saturated rings. The minimum atomic E-state index is 0. The zero-order valence-electron chi connectivity index (χ0n) is 16.2. The van der Waals surface area contributed by atoms with Crippen LogP contribution in [0.25, 0.3) is 0 Å². The number of rotatable bonds is 3. The van der Waals surface area contributed by atoms with Crippen molar-refractivity contribution in [2.75, 3.05) is 0 Å². The first-order valence-corrected chi connectivity index (χ1v) is 9.04. The summed E-state index contributed by atoms with van der Waals surface area (Å²) in [4.78, 5) is 0. The van der Waals surface area contributed by atoms with Crippen LogP contribution in [0.4, 0.5) is 0 Å². The van der Waals surface area contributed by atoms with E-state index in [9.17, 15) is 0 Å². The molecule has 0 aliphatic heterocycles. The third kappa shape index (κ3) is 6.00. The van der Waals surface area contributed by atoms with Gasteiger partial charge in [-0.05, 0) is 36.8 Å². The van der Waals surface area contributed by atoms with Gasteiger partial charge < -0.3 is 43.6 Å². The predicted octanol–water partition coefficient (Wildman–Crippen LogP) is -2.97. The summed E-state index contributed by atoms with van der Waals surface area (Å²) >= 11 is 0. The number of aryl methyl sites for hydroxylation is 2. The Morgan fingerprint density at radius 2 is 1.36 bits per heavy atom. The molecule has 2 aliphatic carbocycles. The number of hydrogen-bond acceptors (Lipinski definition) is 0. The number of halogens is 3. The van der Waals surface area contributed by atoms with Crippen molar-refractivity contribution in [3.05, 3.63) is 102 Å². The zero-order valence-corrected chi connectivity index (χ0v) is 20.0. The first-order chi connectivity index (χ1) is 11.7. The van der Waals surface area contributed by atoms with Gasteiger partial charge in [0, 0.05) is 0 Å². The molecule has 2 aromatic rings. The van der Waals surface area contributed by atoms with Crippen LogP contribution in [0.3, 0.4) is 0 Å². The molecule has 0 nitrogen and oxygen atoms in total. The van der Waals surface area contributed by atoms with E-state index in [4.69, 9.17) is 0 Å². The van der Waals surface area contributed by atoms with Crippen molar-refractivity contribution in [1.82, 2.24) is 0 Å². The maximum Gasteiger partial charge on any atom is 4.00 e. The topological polar surface area (TPSA) is 0 Å². The molecular formula is C24H25Cl3Ti. The number of allylic oxidation sites excluding steroid dienone is 4. The summed E-state index contributed by atoms with van der Waals surface area (Å²) in [5, 5.41) is 0. The first kappa shape index (κ1) is 27.5. The average molecular weight is 468 g/mol. The van der Waals surface area contributed by atoms with Crippen molar-refractivity contribution in [2.45, 2.75) is 26.2 Å². The molecule has 0 N–H and O–H groups in total. The van der Waals surface area contributed by atoms with Gasteiger partial charge in [0.25, 0.3) is 0 Å². The monoisotopic (exact) mass is 466 g/mol. The Morgan fingerprint density at radius 1 is 0.821 bits per heavy atom. The Hall–Kier alpha value is -0.496. The summed E-state index contributed by atoms with van der Waals surface area (Å²) in [6, 6.07) is 18.2. The van der Waals surface area contributed by atoms with Crippen molar-refractivity contribution in [1.29, 1.82) is 0 Å². The molecule has 3 atom stereocenters. The molecule has 4 rings (SSSR count). The molecule has 3 unspecified atom stereocenters. The molecule has 0 bridgehead atoms. The first-order valence-electron chi connectivity index (χ1n) is 9.04. The largest absolute Gasteiger partial charge is 4.00 e. The van der Waals surface area contributed by atoms with Crippen LogP contribution in [0.5, 0.6) is 0 Å². The molecular weight excluding hydrogens is 442 g/mol. The van der Waals surface area contributed by atoms with E-state index >= 15 is 0 Å². The van der Waals surface area contributed by atoms with Crippen LogP contribution >= 0.6 is 0 Å². The van der Waals surface area contributed by atoms with Crippen LogP contribution < -0.4 is 37.2 Å². The fourth-order valence-corrected chi connectivity index (χ4v) is 4.45. The van der Waals surface area contributed by atoms with E-state index in [2.05, 4.69) is 93.1 Å². The standard InChI is InChI=1S/C24H25.3ClH.Ti/c1-17-7-5-11-21(13-17)24(22-12-6-8-18(2)14-22)23-15-19-9-3-4-10-20(19)16-23;;;;/h3-15,19-20,23-24H,16H2,1-2H3;3*1H;/q-1;;;;+4/p-3. The Balaban J connectivity index is 0.00000182. The Kier molecular flexibility index (Phi) is 12.0. The van der Waals surface area contributed by atoms with Crippen molar-refractivity contribution in [3.8, 4) is 0 Å². The van der Waals surface area contributed by atoms with Crippen LogP contribution in [0.15, 0.2) is 72.8 Å². The van der Waals surface area contributed by atoms with Crippen LogP contribution in [0, 0.1) is 38.0 Å². The number of benzene rings is 2. The van der Waals surface area contributed by atoms with Gasteiger partial charge in [0.2, 0.25) is 0 Å². The fraction of sp³-hybridized carbons (Fsp3) is 0.292. The molecule has 1 saturated carbocycles. The SMILES string of the molecule is Cc1cccc(C(c2cccc(C)c2)C2[CH-]C3C=CC=CC3C2)c1.[Cl-].[Cl-].[Cl-].[Ti+4]. The van der Waals surface area contributed by atoms with Gasteiger partial charge in [0.05, 0.1) is 0 Å². The summed E-state index contributed by atoms with van der Waals surface area (Å²) in [6.45, 7) is 4.39. The van der Waals surface area contributed by atoms with Crippen LogP contribution in [-0.4, -0.2) is 0 Å². The molecule has 4 heteroatoms. The van der Waals surface area contributed by atoms with Gasteiger partial charge in [-0.15, -0.1) is 12.0 Å². The second-order valence-electron chi connectivity index (χ2n) is 7.41. The molecule has 0 saturated heterocycles. The number of hydrogen-bond donors (Lipinski definition) is 0. The zero-order chi connectivity index (χ0) is 16.5. The smallest absolute Gasteiger partial charge is 1.00 e. The summed E-state index contributed by atoms with van der Waals surface area (Å²) < 4.78 is 0. The van der Waals surface area contributed by atoms with E-state index in [1.54, 1.807) is 0 Å². The van der Waals surface area contributed by atoms with E-state index in [0.717, 1.165) is 0 Å². The van der Waals surface area contributed by atoms with Gasteiger partial charge >= 0.3 is 21.7 Å². The molecule has 146 valence electrons. The molecule has 0 aromatic heterocycles. The molecule has 0 radical (unpaired) electrons. The molecule has 2 aliphatic rings. The summed E-state index contributed by atoms with van der Waals surface area (Å²) in [6.07, 6.45) is 13.0. The van der Waals surface area contributed by atoms with Gasteiger partial charge in [0.1, 0.15) is 0 Å². The van der Waals surface area contributed by atoms with E-state index in [1.807, 2.05) is 0 Å². The molecule has 28 heavy (non-hydrogen) atoms. The van der Waals surface area contributed by atoms with E-state index in [-0.39, 0.29) is 58.9 Å². The fourth-order valence-electron chi connectivity index (χ4n) is 4.45. The van der Waals surface area contributed by atoms with Gasteiger partial charge in [-0.25, -0.2) is 0 Å². The van der Waals surface area contributed by atoms with Gasteiger partial charge in [0.15, 0.2) is 0 Å². The number of fused-ring (bicyclic) bond motifs is 1. The molecule has 0 heterocycles. The van der Waals surface area contributed by atoms with Gasteiger partial charge in [-0.3, -0.25) is 0 Å². The minimum Gasteiger partial charge on any atom is -1.00 e. The van der Waals surface area contributed by atoms with E-state index < -0.39 is 0 Å². The third-order valence-corrected chi connectivity index (χ3v) is 5.54. The summed E-state index contributed by atoms with van der Waals surface area (Å²) in [5.41, 5.74) is 5.60. The summed E-state index contributed by atoms with van der Waals surface area (Å²) in [5.74, 6) is 2.34. The van der Waals surface area contributed by atoms with Crippen molar-refractivity contribution in [2.24, 2.45) is 17.8 Å². The van der Waals surface area contributed by atoms with Crippen molar-refractivity contribution >= 4 is 0 Å². The predicted molar refractivity (Wildman–Crippen MR) is 102 cm³/mol. The second-order valence-corrected chi connectivity index (χ2v) is 7.41. The van der Waals surface area contributed by atoms with Crippen LogP contribution in [0.1, 0.15) is 34.6 Å². The normalized spacial score (nSPS) is 21.6. The quantitative estimate of drug-likeness (QED) is 0.334.